The lowest BCUT2D eigenvalue weighted by Crippen LogP contribution is -2.33. The van der Waals surface area contributed by atoms with E-state index in [0.29, 0.717) is 18.9 Å². The fourth-order valence-electron chi connectivity index (χ4n) is 3.39. The van der Waals surface area contributed by atoms with Crippen molar-refractivity contribution in [2.24, 2.45) is 0 Å². The normalized spacial score (nSPS) is 12.9. The average Bonchev–Trinajstić information content (AvgIpc) is 3.34. The molecule has 1 aliphatic heterocycles. The van der Waals surface area contributed by atoms with Crippen LogP contribution in [0.4, 0.5) is 5.69 Å². The Kier molecular flexibility index (Phi) is 3.93. The number of para-hydroxylation sites is 1. The first-order valence-electron chi connectivity index (χ1n) is 8.98. The molecule has 8 nitrogen and oxygen atoms in total. The minimum absolute atomic E-state index is 0.0633. The van der Waals surface area contributed by atoms with Crippen LogP contribution in [-0.4, -0.2) is 35.7 Å². The summed E-state index contributed by atoms with van der Waals surface area (Å²) in [6.07, 6.45) is 3.30. The molecule has 0 aliphatic carbocycles. The molecule has 0 bridgehead atoms. The number of aromatic nitrogens is 6. The van der Waals surface area contributed by atoms with Gasteiger partial charge < -0.3 is 4.90 Å². The van der Waals surface area contributed by atoms with E-state index < -0.39 is 0 Å². The molecule has 0 saturated heterocycles. The zero-order valence-electron chi connectivity index (χ0n) is 15.0. The number of amides is 1. The largest absolute Gasteiger partial charge is 0.304 e. The lowest BCUT2D eigenvalue weighted by molar-refractivity contribution is -0.119. The van der Waals surface area contributed by atoms with Crippen molar-refractivity contribution >= 4 is 11.6 Å². The van der Waals surface area contributed by atoms with E-state index in [1.165, 1.54) is 0 Å². The van der Waals surface area contributed by atoms with Crippen LogP contribution in [0.5, 0.6) is 0 Å². The highest BCUT2D eigenvalue weighted by atomic mass is 16.2. The van der Waals surface area contributed by atoms with Crippen LogP contribution in [0.25, 0.3) is 11.4 Å². The third-order valence-corrected chi connectivity index (χ3v) is 4.79. The SMILES string of the molecule is O=C(Cn1cnc(-c2ccccc2)n1)N1Cc2cnnn2Cc2ccccc21. The van der Waals surface area contributed by atoms with Gasteiger partial charge in [-0.1, -0.05) is 53.7 Å². The molecule has 138 valence electrons. The number of rotatable bonds is 3. The first kappa shape index (κ1) is 16.4. The molecule has 28 heavy (non-hydrogen) atoms. The van der Waals surface area contributed by atoms with Crippen molar-refractivity contribution in [3.8, 4) is 11.4 Å². The van der Waals surface area contributed by atoms with E-state index in [4.69, 9.17) is 0 Å². The molecule has 2 aromatic carbocycles. The molecule has 2 aromatic heterocycles. The Morgan fingerprint density at radius 2 is 1.82 bits per heavy atom. The van der Waals surface area contributed by atoms with Crippen molar-refractivity contribution < 1.29 is 4.79 Å². The minimum Gasteiger partial charge on any atom is -0.304 e. The number of fused-ring (bicyclic) bond motifs is 2. The maximum Gasteiger partial charge on any atom is 0.249 e. The van der Waals surface area contributed by atoms with E-state index in [1.807, 2.05) is 59.3 Å². The van der Waals surface area contributed by atoms with Gasteiger partial charge in [0, 0.05) is 11.3 Å². The van der Waals surface area contributed by atoms with Gasteiger partial charge in [0.05, 0.1) is 25.0 Å². The summed E-state index contributed by atoms with van der Waals surface area (Å²) in [5.74, 6) is 0.540. The van der Waals surface area contributed by atoms with Gasteiger partial charge in [0.1, 0.15) is 12.9 Å². The summed E-state index contributed by atoms with van der Waals surface area (Å²) in [5, 5.41) is 12.6. The van der Waals surface area contributed by atoms with Crippen LogP contribution < -0.4 is 4.90 Å². The van der Waals surface area contributed by atoms with Crippen molar-refractivity contribution in [2.75, 3.05) is 4.90 Å². The maximum atomic E-state index is 13.1. The Morgan fingerprint density at radius 1 is 1.00 bits per heavy atom. The van der Waals surface area contributed by atoms with Crippen molar-refractivity contribution in [1.29, 1.82) is 0 Å². The highest BCUT2D eigenvalue weighted by Gasteiger charge is 2.25. The zero-order chi connectivity index (χ0) is 18.9. The van der Waals surface area contributed by atoms with Gasteiger partial charge in [-0.25, -0.2) is 14.3 Å². The van der Waals surface area contributed by atoms with E-state index in [-0.39, 0.29) is 12.5 Å². The summed E-state index contributed by atoms with van der Waals surface area (Å²) >= 11 is 0. The highest BCUT2D eigenvalue weighted by molar-refractivity contribution is 5.94. The monoisotopic (exact) mass is 371 g/mol. The van der Waals surface area contributed by atoms with Gasteiger partial charge in [0.25, 0.3) is 0 Å². The number of anilines is 1. The van der Waals surface area contributed by atoms with Crippen molar-refractivity contribution in [2.45, 2.75) is 19.6 Å². The predicted molar refractivity (Wildman–Crippen MR) is 102 cm³/mol. The van der Waals surface area contributed by atoms with Crippen molar-refractivity contribution in [3.05, 3.63) is 78.4 Å². The molecule has 0 fully saturated rings. The molecule has 1 amide bonds. The number of carbonyl (C=O) groups is 1. The Bertz CT molecular complexity index is 1130. The average molecular weight is 371 g/mol. The van der Waals surface area contributed by atoms with Crippen molar-refractivity contribution in [3.63, 3.8) is 0 Å². The van der Waals surface area contributed by atoms with E-state index >= 15 is 0 Å². The summed E-state index contributed by atoms with van der Waals surface area (Å²) in [5.41, 5.74) is 3.74. The van der Waals surface area contributed by atoms with Gasteiger partial charge in [-0.05, 0) is 11.6 Å². The Balaban J connectivity index is 1.43. The third-order valence-electron chi connectivity index (χ3n) is 4.79. The number of nitrogens with zero attached hydrogens (tertiary/aromatic N) is 7. The molecule has 0 spiro atoms. The van der Waals surface area contributed by atoms with Crippen LogP contribution in [-0.2, 0) is 24.4 Å². The third kappa shape index (κ3) is 2.94. The zero-order valence-corrected chi connectivity index (χ0v) is 15.0. The van der Waals surface area contributed by atoms with Gasteiger partial charge in [0.15, 0.2) is 5.82 Å². The molecule has 0 radical (unpaired) electrons. The van der Waals surface area contributed by atoms with Crippen LogP contribution in [0, 0.1) is 0 Å². The number of hydrogen-bond acceptors (Lipinski definition) is 5. The summed E-state index contributed by atoms with van der Waals surface area (Å²) in [7, 11) is 0. The summed E-state index contributed by atoms with van der Waals surface area (Å²) in [6.45, 7) is 1.12. The second-order valence-corrected chi connectivity index (χ2v) is 6.62. The fraction of sp³-hybridized carbons (Fsp3) is 0.150. The smallest absolute Gasteiger partial charge is 0.249 e. The molecule has 5 rings (SSSR count). The van der Waals surface area contributed by atoms with Gasteiger partial charge in [0.2, 0.25) is 5.91 Å². The molecule has 0 atom stereocenters. The molecule has 0 saturated carbocycles. The fourth-order valence-corrected chi connectivity index (χ4v) is 3.39. The molecule has 3 heterocycles. The molecular formula is C20H17N7O. The first-order valence-corrected chi connectivity index (χ1v) is 8.98. The lowest BCUT2D eigenvalue weighted by atomic mass is 10.1. The predicted octanol–water partition coefficient (Wildman–Crippen LogP) is 2.13. The molecule has 1 aliphatic rings. The van der Waals surface area contributed by atoms with E-state index in [1.54, 1.807) is 22.1 Å². The number of hydrogen-bond donors (Lipinski definition) is 0. The van der Waals surface area contributed by atoms with Gasteiger partial charge in [-0.15, -0.1) is 5.10 Å². The molecule has 8 heteroatoms. The molecule has 4 aromatic rings. The number of carbonyl (C=O) groups excluding carboxylic acids is 1. The first-order chi connectivity index (χ1) is 13.8. The summed E-state index contributed by atoms with van der Waals surface area (Å²) < 4.78 is 3.41. The van der Waals surface area contributed by atoms with Gasteiger partial charge in [-0.2, -0.15) is 5.10 Å². The van der Waals surface area contributed by atoms with E-state index in [9.17, 15) is 4.79 Å². The van der Waals surface area contributed by atoms with Crippen LogP contribution in [0.2, 0.25) is 0 Å². The quantitative estimate of drug-likeness (QED) is 0.551. The maximum absolute atomic E-state index is 13.1. The van der Waals surface area contributed by atoms with Gasteiger partial charge in [-0.3, -0.25) is 4.79 Å². The topological polar surface area (TPSA) is 81.7 Å². The summed E-state index contributed by atoms with van der Waals surface area (Å²) in [4.78, 5) is 19.2. The minimum atomic E-state index is -0.0633. The Hall–Kier alpha value is -3.81. The highest BCUT2D eigenvalue weighted by Crippen LogP contribution is 2.27. The second-order valence-electron chi connectivity index (χ2n) is 6.62. The molecule has 0 N–H and O–H groups in total. The van der Waals surface area contributed by atoms with Gasteiger partial charge >= 0.3 is 0 Å². The Labute approximate surface area is 161 Å². The Morgan fingerprint density at radius 3 is 2.71 bits per heavy atom. The molecular weight excluding hydrogens is 354 g/mol. The van der Waals surface area contributed by atoms with Crippen LogP contribution in [0.15, 0.2) is 67.1 Å². The second kappa shape index (κ2) is 6.73. The van der Waals surface area contributed by atoms with Crippen LogP contribution in [0.3, 0.4) is 0 Å². The van der Waals surface area contributed by atoms with Crippen LogP contribution >= 0.6 is 0 Å². The molecule has 0 unspecified atom stereocenters. The summed E-state index contributed by atoms with van der Waals surface area (Å²) in [6, 6.07) is 17.6. The number of benzene rings is 2. The van der Waals surface area contributed by atoms with Crippen LogP contribution in [0.1, 0.15) is 11.3 Å². The van der Waals surface area contributed by atoms with Crippen molar-refractivity contribution in [1.82, 2.24) is 29.8 Å². The van der Waals surface area contributed by atoms with E-state index in [2.05, 4.69) is 20.4 Å². The standard InChI is InChI=1S/C20H17N7O/c28-19(13-25-14-21-20(23-25)15-6-2-1-3-7-15)26-12-17-10-22-24-27(17)11-16-8-4-5-9-18(16)26/h1-10,14H,11-13H2. The van der Waals surface area contributed by atoms with E-state index in [0.717, 1.165) is 22.5 Å². The lowest BCUT2D eigenvalue weighted by Gasteiger charge is -2.22.